The fraction of sp³-hybridized carbons (Fsp3) is 0.636. The lowest BCUT2D eigenvalue weighted by Gasteiger charge is -2.20. The molecular weight excluding hydrogens is 286 g/mol. The van der Waals surface area contributed by atoms with Gasteiger partial charge in [0, 0.05) is 0 Å². The van der Waals surface area contributed by atoms with E-state index in [0.717, 1.165) is 17.3 Å². The highest BCUT2D eigenvalue weighted by molar-refractivity contribution is 9.10. The van der Waals surface area contributed by atoms with Gasteiger partial charge < -0.3 is 14.8 Å². The van der Waals surface area contributed by atoms with Crippen LogP contribution in [0, 0.1) is 0 Å². The van der Waals surface area contributed by atoms with Gasteiger partial charge in [0.2, 0.25) is 11.8 Å². The van der Waals surface area contributed by atoms with E-state index in [0.29, 0.717) is 30.1 Å². The first kappa shape index (κ1) is 11.2. The molecule has 5 nitrogen and oxygen atoms in total. The van der Waals surface area contributed by atoms with Crippen molar-refractivity contribution in [3.05, 3.63) is 10.7 Å². The number of hydrogen-bond donors (Lipinski definition) is 1. The van der Waals surface area contributed by atoms with Crippen molar-refractivity contribution in [2.75, 3.05) is 12.4 Å². The fourth-order valence-corrected chi connectivity index (χ4v) is 2.87. The van der Waals surface area contributed by atoms with Crippen molar-refractivity contribution in [3.63, 3.8) is 0 Å². The van der Waals surface area contributed by atoms with Crippen LogP contribution in [0.3, 0.4) is 0 Å². The number of halogens is 1. The normalized spacial score (nSPS) is 30.6. The summed E-state index contributed by atoms with van der Waals surface area (Å²) in [5.74, 6) is 1.15. The van der Waals surface area contributed by atoms with Crippen LogP contribution in [-0.4, -0.2) is 35.3 Å². The minimum absolute atomic E-state index is 0.318. The van der Waals surface area contributed by atoms with Gasteiger partial charge in [-0.1, -0.05) is 0 Å². The Bertz CT molecular complexity index is 429. The van der Waals surface area contributed by atoms with Crippen LogP contribution in [0.15, 0.2) is 10.7 Å². The Labute approximate surface area is 108 Å². The predicted octanol–water partition coefficient (Wildman–Crippen LogP) is 1.98. The third-order valence-electron chi connectivity index (χ3n) is 3.33. The quantitative estimate of drug-likeness (QED) is 0.925. The van der Waals surface area contributed by atoms with Crippen molar-refractivity contribution in [3.8, 4) is 5.88 Å². The molecule has 0 aliphatic carbocycles. The summed E-state index contributed by atoms with van der Waals surface area (Å²) < 4.78 is 11.7. The van der Waals surface area contributed by atoms with E-state index in [2.05, 4.69) is 31.2 Å². The molecule has 3 unspecified atom stereocenters. The number of rotatable bonds is 3. The number of anilines is 1. The number of methoxy groups -OCH3 is 1. The molecule has 0 spiro atoms. The van der Waals surface area contributed by atoms with Gasteiger partial charge >= 0.3 is 0 Å². The molecule has 2 bridgehead atoms. The Hall–Kier alpha value is -0.880. The maximum absolute atomic E-state index is 5.78. The van der Waals surface area contributed by atoms with Gasteiger partial charge in [-0.2, -0.15) is 4.98 Å². The molecule has 3 heterocycles. The van der Waals surface area contributed by atoms with Crippen LogP contribution in [0.4, 0.5) is 5.95 Å². The SMILES string of the molecule is COc1nc(NC2CC3CCC2O3)ncc1Br. The van der Waals surface area contributed by atoms with Gasteiger partial charge in [-0.05, 0) is 35.2 Å². The first-order chi connectivity index (χ1) is 8.26. The van der Waals surface area contributed by atoms with Crippen molar-refractivity contribution in [1.82, 2.24) is 9.97 Å². The molecule has 1 N–H and O–H groups in total. The summed E-state index contributed by atoms with van der Waals surface area (Å²) in [6, 6.07) is 0.333. The molecule has 0 amide bonds. The molecule has 3 rings (SSSR count). The van der Waals surface area contributed by atoms with E-state index in [9.17, 15) is 0 Å². The lowest BCUT2D eigenvalue weighted by Crippen LogP contribution is -2.31. The van der Waals surface area contributed by atoms with Crippen LogP contribution in [0.5, 0.6) is 5.88 Å². The van der Waals surface area contributed by atoms with Gasteiger partial charge in [0.1, 0.15) is 0 Å². The lowest BCUT2D eigenvalue weighted by atomic mass is 9.96. The number of aromatic nitrogens is 2. The Morgan fingerprint density at radius 2 is 2.41 bits per heavy atom. The summed E-state index contributed by atoms with van der Waals surface area (Å²) in [6.45, 7) is 0. The van der Waals surface area contributed by atoms with E-state index in [-0.39, 0.29) is 0 Å². The van der Waals surface area contributed by atoms with Crippen LogP contribution < -0.4 is 10.1 Å². The molecule has 2 aliphatic heterocycles. The minimum Gasteiger partial charge on any atom is -0.480 e. The fourth-order valence-electron chi connectivity index (χ4n) is 2.52. The third-order valence-corrected chi connectivity index (χ3v) is 3.87. The molecule has 92 valence electrons. The van der Waals surface area contributed by atoms with Crippen LogP contribution >= 0.6 is 15.9 Å². The molecule has 0 saturated carbocycles. The largest absolute Gasteiger partial charge is 0.480 e. The zero-order valence-corrected chi connectivity index (χ0v) is 11.1. The smallest absolute Gasteiger partial charge is 0.232 e. The van der Waals surface area contributed by atoms with Crippen LogP contribution in [0.25, 0.3) is 0 Å². The summed E-state index contributed by atoms with van der Waals surface area (Å²) in [5, 5.41) is 3.33. The summed E-state index contributed by atoms with van der Waals surface area (Å²) in [5.41, 5.74) is 0. The summed E-state index contributed by atoms with van der Waals surface area (Å²) in [7, 11) is 1.59. The van der Waals surface area contributed by atoms with Gasteiger partial charge in [-0.25, -0.2) is 4.98 Å². The maximum atomic E-state index is 5.78. The molecule has 17 heavy (non-hydrogen) atoms. The highest BCUT2D eigenvalue weighted by Gasteiger charge is 2.41. The van der Waals surface area contributed by atoms with Crippen molar-refractivity contribution in [2.45, 2.75) is 37.5 Å². The number of nitrogens with one attached hydrogen (secondary N) is 1. The second kappa shape index (κ2) is 4.42. The molecule has 1 aromatic rings. The van der Waals surface area contributed by atoms with Crippen LogP contribution in [-0.2, 0) is 4.74 Å². The summed E-state index contributed by atoms with van der Waals surface area (Å²) >= 11 is 3.33. The number of hydrogen-bond acceptors (Lipinski definition) is 5. The predicted molar refractivity (Wildman–Crippen MR) is 66.2 cm³/mol. The van der Waals surface area contributed by atoms with Crippen molar-refractivity contribution in [1.29, 1.82) is 0 Å². The molecule has 2 aliphatic rings. The monoisotopic (exact) mass is 299 g/mol. The zero-order valence-electron chi connectivity index (χ0n) is 9.52. The number of nitrogens with zero attached hydrogens (tertiary/aromatic N) is 2. The standard InChI is InChI=1S/C11H14BrN3O2/c1-16-10-7(12)5-13-11(15-10)14-8-4-6-2-3-9(8)17-6/h5-6,8-9H,2-4H2,1H3,(H,13,14,15). The van der Waals surface area contributed by atoms with E-state index in [1.807, 2.05) is 0 Å². The molecule has 3 atom stereocenters. The first-order valence-electron chi connectivity index (χ1n) is 5.75. The molecule has 1 aromatic heterocycles. The molecule has 0 aromatic carbocycles. The summed E-state index contributed by atoms with van der Waals surface area (Å²) in [4.78, 5) is 8.52. The highest BCUT2D eigenvalue weighted by atomic mass is 79.9. The third kappa shape index (κ3) is 2.11. The van der Waals surface area contributed by atoms with Gasteiger partial charge in [0.05, 0.1) is 36.0 Å². The first-order valence-corrected chi connectivity index (χ1v) is 6.54. The molecule has 2 saturated heterocycles. The Kier molecular flexibility index (Phi) is 2.92. The van der Waals surface area contributed by atoms with Crippen molar-refractivity contribution < 1.29 is 9.47 Å². The molecule has 6 heteroatoms. The van der Waals surface area contributed by atoms with Gasteiger partial charge in [-0.15, -0.1) is 0 Å². The summed E-state index contributed by atoms with van der Waals surface area (Å²) in [6.07, 6.45) is 5.81. The van der Waals surface area contributed by atoms with Gasteiger partial charge in [-0.3, -0.25) is 0 Å². The van der Waals surface area contributed by atoms with E-state index in [1.54, 1.807) is 13.3 Å². The average molecular weight is 300 g/mol. The Balaban J connectivity index is 1.73. The number of fused-ring (bicyclic) bond motifs is 2. The molecule has 2 fully saturated rings. The van der Waals surface area contributed by atoms with Crippen molar-refractivity contribution in [2.24, 2.45) is 0 Å². The van der Waals surface area contributed by atoms with Gasteiger partial charge in [0.15, 0.2) is 0 Å². The Morgan fingerprint density at radius 1 is 1.53 bits per heavy atom. The van der Waals surface area contributed by atoms with Gasteiger partial charge in [0.25, 0.3) is 0 Å². The van der Waals surface area contributed by atoms with Crippen LogP contribution in [0.1, 0.15) is 19.3 Å². The second-order valence-corrected chi connectivity index (χ2v) is 5.27. The molecule has 0 radical (unpaired) electrons. The highest BCUT2D eigenvalue weighted by Crippen LogP contribution is 2.35. The van der Waals surface area contributed by atoms with Crippen LogP contribution in [0.2, 0.25) is 0 Å². The molecular formula is C11H14BrN3O2. The lowest BCUT2D eigenvalue weighted by molar-refractivity contribution is 0.102. The Morgan fingerprint density at radius 3 is 3.06 bits per heavy atom. The zero-order chi connectivity index (χ0) is 11.8. The minimum atomic E-state index is 0.318. The van der Waals surface area contributed by atoms with Crippen molar-refractivity contribution >= 4 is 21.9 Å². The topological polar surface area (TPSA) is 56.3 Å². The van der Waals surface area contributed by atoms with E-state index < -0.39 is 0 Å². The van der Waals surface area contributed by atoms with E-state index in [1.165, 1.54) is 6.42 Å². The van der Waals surface area contributed by atoms with E-state index in [4.69, 9.17) is 9.47 Å². The average Bonchev–Trinajstić information content (AvgIpc) is 2.93. The maximum Gasteiger partial charge on any atom is 0.232 e. The number of ether oxygens (including phenoxy) is 2. The second-order valence-electron chi connectivity index (χ2n) is 4.41. The van der Waals surface area contributed by atoms with E-state index >= 15 is 0 Å².